The summed E-state index contributed by atoms with van der Waals surface area (Å²) in [6.45, 7) is 0.737. The number of carbonyl (C=O) groups is 2. The van der Waals surface area contributed by atoms with E-state index in [0.29, 0.717) is 6.54 Å². The first-order chi connectivity index (χ1) is 12.0. The van der Waals surface area contributed by atoms with Gasteiger partial charge in [0.25, 0.3) is 0 Å². The SMILES string of the molecule is COC(=O)C[C@H](N)C(=O)N(CCCc1ccccc1)CC(OC)OC. The molecule has 7 heteroatoms. The lowest BCUT2D eigenvalue weighted by molar-refractivity contribution is -0.150. The van der Waals surface area contributed by atoms with Crippen LogP contribution in [0.2, 0.25) is 0 Å². The molecule has 7 nitrogen and oxygen atoms in total. The van der Waals surface area contributed by atoms with Crippen LogP contribution >= 0.6 is 0 Å². The Morgan fingerprint density at radius 3 is 2.32 bits per heavy atom. The van der Waals surface area contributed by atoms with E-state index in [4.69, 9.17) is 15.2 Å². The summed E-state index contributed by atoms with van der Waals surface area (Å²) in [5.74, 6) is -0.835. The summed E-state index contributed by atoms with van der Waals surface area (Å²) in [6.07, 6.45) is 0.892. The van der Waals surface area contributed by atoms with Gasteiger partial charge in [0, 0.05) is 20.8 Å². The van der Waals surface area contributed by atoms with Gasteiger partial charge in [0.15, 0.2) is 6.29 Å². The van der Waals surface area contributed by atoms with Gasteiger partial charge in [0.2, 0.25) is 5.91 Å². The van der Waals surface area contributed by atoms with E-state index >= 15 is 0 Å². The highest BCUT2D eigenvalue weighted by Gasteiger charge is 2.25. The van der Waals surface area contributed by atoms with Crippen molar-refractivity contribution in [2.24, 2.45) is 5.73 Å². The Morgan fingerprint density at radius 1 is 1.12 bits per heavy atom. The van der Waals surface area contributed by atoms with E-state index in [-0.39, 0.29) is 18.9 Å². The van der Waals surface area contributed by atoms with Crippen LogP contribution in [-0.4, -0.2) is 63.5 Å². The van der Waals surface area contributed by atoms with Crippen LogP contribution in [-0.2, 0) is 30.2 Å². The van der Waals surface area contributed by atoms with Crippen LogP contribution < -0.4 is 5.73 Å². The lowest BCUT2D eigenvalue weighted by Gasteiger charge is -2.28. The molecule has 0 aliphatic carbocycles. The fourth-order valence-corrected chi connectivity index (χ4v) is 2.42. The number of amides is 1. The molecule has 0 bridgehead atoms. The minimum absolute atomic E-state index is 0.158. The number of methoxy groups -OCH3 is 3. The lowest BCUT2D eigenvalue weighted by atomic mass is 10.1. The van der Waals surface area contributed by atoms with Crippen molar-refractivity contribution in [1.29, 1.82) is 0 Å². The molecule has 0 radical (unpaired) electrons. The van der Waals surface area contributed by atoms with Gasteiger partial charge in [-0.2, -0.15) is 0 Å². The molecule has 1 amide bonds. The molecule has 1 atom stereocenters. The summed E-state index contributed by atoms with van der Waals surface area (Å²) >= 11 is 0. The van der Waals surface area contributed by atoms with E-state index in [1.54, 1.807) is 4.90 Å². The predicted octanol–water partition coefficient (Wildman–Crippen LogP) is 0.957. The second-order valence-electron chi connectivity index (χ2n) is 5.66. The monoisotopic (exact) mass is 352 g/mol. The number of hydrogen-bond acceptors (Lipinski definition) is 6. The Bertz CT molecular complexity index is 519. The Balaban J connectivity index is 2.67. The van der Waals surface area contributed by atoms with E-state index in [0.717, 1.165) is 12.8 Å². The summed E-state index contributed by atoms with van der Waals surface area (Å²) in [5, 5.41) is 0. The predicted molar refractivity (Wildman–Crippen MR) is 93.8 cm³/mol. The molecule has 0 saturated heterocycles. The van der Waals surface area contributed by atoms with Crippen LogP contribution in [0.3, 0.4) is 0 Å². The minimum atomic E-state index is -0.946. The number of esters is 1. The van der Waals surface area contributed by atoms with Crippen LogP contribution in [0.1, 0.15) is 18.4 Å². The summed E-state index contributed by atoms with van der Waals surface area (Å²) in [4.78, 5) is 25.5. The molecule has 2 N–H and O–H groups in total. The molecule has 1 rings (SSSR count). The van der Waals surface area contributed by atoms with E-state index < -0.39 is 18.3 Å². The van der Waals surface area contributed by atoms with Gasteiger partial charge in [-0.1, -0.05) is 30.3 Å². The second kappa shape index (κ2) is 11.6. The zero-order chi connectivity index (χ0) is 18.7. The normalized spacial score (nSPS) is 12.0. The smallest absolute Gasteiger partial charge is 0.307 e. The fourth-order valence-electron chi connectivity index (χ4n) is 2.42. The highest BCUT2D eigenvalue weighted by molar-refractivity contribution is 5.86. The van der Waals surface area contributed by atoms with E-state index in [1.807, 2.05) is 30.3 Å². The molecular formula is C18H28N2O5. The van der Waals surface area contributed by atoms with E-state index in [9.17, 15) is 9.59 Å². The number of hydrogen-bond donors (Lipinski definition) is 1. The maximum absolute atomic E-state index is 12.6. The number of aryl methyl sites for hydroxylation is 1. The van der Waals surface area contributed by atoms with Crippen molar-refractivity contribution in [3.63, 3.8) is 0 Å². The molecule has 0 aliphatic rings. The van der Waals surface area contributed by atoms with Crippen LogP contribution in [0, 0.1) is 0 Å². The van der Waals surface area contributed by atoms with Gasteiger partial charge in [-0.3, -0.25) is 9.59 Å². The van der Waals surface area contributed by atoms with Crippen molar-refractivity contribution < 1.29 is 23.8 Å². The fraction of sp³-hybridized carbons (Fsp3) is 0.556. The summed E-state index contributed by atoms with van der Waals surface area (Å²) in [5.41, 5.74) is 7.06. The topological polar surface area (TPSA) is 91.1 Å². The number of ether oxygens (including phenoxy) is 3. The first-order valence-corrected chi connectivity index (χ1v) is 8.22. The van der Waals surface area contributed by atoms with Crippen LogP contribution in [0.4, 0.5) is 0 Å². The minimum Gasteiger partial charge on any atom is -0.469 e. The number of nitrogens with two attached hydrogens (primary N) is 1. The molecule has 0 heterocycles. The first kappa shape index (κ1) is 21.1. The Kier molecular flexibility index (Phi) is 9.76. The molecule has 0 saturated carbocycles. The highest BCUT2D eigenvalue weighted by Crippen LogP contribution is 2.08. The van der Waals surface area contributed by atoms with Crippen molar-refractivity contribution in [2.75, 3.05) is 34.4 Å². The maximum atomic E-state index is 12.6. The summed E-state index contributed by atoms with van der Waals surface area (Å²) < 4.78 is 14.9. The summed E-state index contributed by atoms with van der Waals surface area (Å²) in [7, 11) is 4.29. The Hall–Kier alpha value is -1.96. The molecular weight excluding hydrogens is 324 g/mol. The van der Waals surface area contributed by atoms with Gasteiger partial charge < -0.3 is 24.8 Å². The molecule has 0 aliphatic heterocycles. The van der Waals surface area contributed by atoms with Gasteiger partial charge in [-0.05, 0) is 18.4 Å². The van der Waals surface area contributed by atoms with Crippen molar-refractivity contribution >= 4 is 11.9 Å². The third kappa shape index (κ3) is 7.64. The molecule has 140 valence electrons. The second-order valence-corrected chi connectivity index (χ2v) is 5.66. The standard InChI is InChI=1S/C18H28N2O5/c1-23-16(21)12-15(19)18(22)20(13-17(24-2)25-3)11-7-10-14-8-5-4-6-9-14/h4-6,8-9,15,17H,7,10-13,19H2,1-3H3/t15-/m0/s1. The number of nitrogens with zero attached hydrogens (tertiary/aromatic N) is 1. The number of benzene rings is 1. The largest absolute Gasteiger partial charge is 0.469 e. The van der Waals surface area contributed by atoms with Crippen LogP contribution in [0.25, 0.3) is 0 Å². The van der Waals surface area contributed by atoms with Gasteiger partial charge in [-0.15, -0.1) is 0 Å². The molecule has 1 aromatic rings. The average Bonchev–Trinajstić information content (AvgIpc) is 2.64. The van der Waals surface area contributed by atoms with Crippen LogP contribution in [0.5, 0.6) is 0 Å². The van der Waals surface area contributed by atoms with Crippen molar-refractivity contribution in [2.45, 2.75) is 31.6 Å². The Labute approximate surface area is 149 Å². The summed E-state index contributed by atoms with van der Waals surface area (Å²) in [6, 6.07) is 9.07. The number of rotatable bonds is 11. The maximum Gasteiger partial charge on any atom is 0.307 e. The average molecular weight is 352 g/mol. The van der Waals surface area contributed by atoms with Gasteiger partial charge in [0.1, 0.15) is 0 Å². The quantitative estimate of drug-likeness (QED) is 0.471. The third-order valence-corrected chi connectivity index (χ3v) is 3.87. The van der Waals surface area contributed by atoms with Crippen molar-refractivity contribution in [3.8, 4) is 0 Å². The molecule has 0 aromatic heterocycles. The molecule has 25 heavy (non-hydrogen) atoms. The zero-order valence-corrected chi connectivity index (χ0v) is 15.1. The van der Waals surface area contributed by atoms with Gasteiger partial charge in [-0.25, -0.2) is 0 Å². The van der Waals surface area contributed by atoms with Gasteiger partial charge in [0.05, 0.1) is 26.1 Å². The number of carbonyl (C=O) groups excluding carboxylic acids is 2. The Morgan fingerprint density at radius 2 is 1.76 bits per heavy atom. The van der Waals surface area contributed by atoms with Gasteiger partial charge >= 0.3 is 5.97 Å². The lowest BCUT2D eigenvalue weighted by Crippen LogP contribution is -2.48. The van der Waals surface area contributed by atoms with E-state index in [2.05, 4.69) is 4.74 Å². The molecule has 0 spiro atoms. The van der Waals surface area contributed by atoms with Crippen molar-refractivity contribution in [1.82, 2.24) is 4.90 Å². The third-order valence-electron chi connectivity index (χ3n) is 3.87. The van der Waals surface area contributed by atoms with E-state index in [1.165, 1.54) is 26.9 Å². The molecule has 0 fully saturated rings. The van der Waals surface area contributed by atoms with Crippen LogP contribution in [0.15, 0.2) is 30.3 Å². The highest BCUT2D eigenvalue weighted by atomic mass is 16.7. The zero-order valence-electron chi connectivity index (χ0n) is 15.1. The molecule has 1 aromatic carbocycles. The molecule has 0 unspecified atom stereocenters. The van der Waals surface area contributed by atoms with Crippen molar-refractivity contribution in [3.05, 3.63) is 35.9 Å². The first-order valence-electron chi connectivity index (χ1n) is 8.22.